The molecule has 0 bridgehead atoms. The lowest BCUT2D eigenvalue weighted by atomic mass is 10.2. The van der Waals surface area contributed by atoms with Crippen molar-refractivity contribution in [3.8, 4) is 11.6 Å². The van der Waals surface area contributed by atoms with Crippen molar-refractivity contribution in [3.05, 3.63) is 80.7 Å². The smallest absolute Gasteiger partial charge is 0.332 e. The van der Waals surface area contributed by atoms with Crippen molar-refractivity contribution in [2.24, 2.45) is 13.0 Å². The van der Waals surface area contributed by atoms with Crippen molar-refractivity contribution >= 4 is 23.4 Å². The van der Waals surface area contributed by atoms with Crippen molar-refractivity contribution in [1.82, 2.24) is 23.9 Å². The van der Waals surface area contributed by atoms with Gasteiger partial charge in [-0.2, -0.15) is 0 Å². The maximum atomic E-state index is 13.2. The average molecular weight is 495 g/mol. The summed E-state index contributed by atoms with van der Waals surface area (Å²) in [6.45, 7) is 4.88. The molecule has 4 aromatic rings. The molecule has 1 aromatic carbocycles. The Hall–Kier alpha value is -3.86. The molecule has 0 saturated carbocycles. The molecule has 0 saturated heterocycles. The van der Waals surface area contributed by atoms with Gasteiger partial charge >= 0.3 is 5.69 Å². The fraction of sp³-hybridized carbons (Fsp3) is 0.292. The number of thioether (sulfide) groups is 1. The standard InChI is InChI=1S/C24H26N6O4S/c1-15(2)12-30-21(18-10-7-11-34-18)26-27-23(30)35-14-17(31)19-20(25)29(24(33)28(3)22(19)32)13-16-8-5-4-6-9-16/h4-11,15H,12-14,25H2,1-3H3. The minimum atomic E-state index is -0.720. The zero-order chi connectivity index (χ0) is 25.1. The quantitative estimate of drug-likeness (QED) is 0.278. The first kappa shape index (κ1) is 24.3. The lowest BCUT2D eigenvalue weighted by molar-refractivity contribution is 0.102. The van der Waals surface area contributed by atoms with E-state index in [4.69, 9.17) is 10.2 Å². The Balaban J connectivity index is 1.64. The zero-order valence-corrected chi connectivity index (χ0v) is 20.5. The van der Waals surface area contributed by atoms with Crippen LogP contribution in [0.15, 0.2) is 67.9 Å². The third kappa shape index (κ3) is 4.99. The molecule has 0 aliphatic rings. The van der Waals surface area contributed by atoms with E-state index in [-0.39, 0.29) is 23.7 Å². The first-order valence-electron chi connectivity index (χ1n) is 11.0. The van der Waals surface area contributed by atoms with Crippen LogP contribution in [-0.4, -0.2) is 35.4 Å². The molecule has 182 valence electrons. The first-order chi connectivity index (χ1) is 16.8. The molecule has 2 N–H and O–H groups in total. The Bertz CT molecular complexity index is 1450. The van der Waals surface area contributed by atoms with Gasteiger partial charge in [0, 0.05) is 13.6 Å². The molecule has 0 aliphatic heterocycles. The van der Waals surface area contributed by atoms with Crippen LogP contribution in [-0.2, 0) is 20.1 Å². The van der Waals surface area contributed by atoms with E-state index in [1.165, 1.54) is 11.6 Å². The predicted molar refractivity (Wildman–Crippen MR) is 134 cm³/mol. The number of carbonyl (C=O) groups excluding carboxylic acids is 1. The summed E-state index contributed by atoms with van der Waals surface area (Å²) in [7, 11) is 1.34. The summed E-state index contributed by atoms with van der Waals surface area (Å²) in [4.78, 5) is 38.8. The second-order valence-corrected chi connectivity index (χ2v) is 9.42. The number of aromatic nitrogens is 5. The molecule has 4 rings (SSSR count). The molecular formula is C24H26N6O4S. The van der Waals surface area contributed by atoms with Gasteiger partial charge in [0.15, 0.2) is 22.5 Å². The molecule has 3 heterocycles. The third-order valence-corrected chi connectivity index (χ3v) is 6.35. The van der Waals surface area contributed by atoms with E-state index in [0.717, 1.165) is 21.9 Å². The molecule has 0 aliphatic carbocycles. The Morgan fingerprint density at radius 1 is 1.09 bits per heavy atom. The lowest BCUT2D eigenvalue weighted by Crippen LogP contribution is -2.43. The van der Waals surface area contributed by atoms with Gasteiger partial charge in [-0.05, 0) is 23.6 Å². The summed E-state index contributed by atoms with van der Waals surface area (Å²) in [5.41, 5.74) is 5.51. The van der Waals surface area contributed by atoms with Crippen LogP contribution in [0.25, 0.3) is 11.6 Å². The molecular weight excluding hydrogens is 468 g/mol. The monoisotopic (exact) mass is 494 g/mol. The van der Waals surface area contributed by atoms with E-state index in [2.05, 4.69) is 24.0 Å². The Labute approximate surface area is 205 Å². The van der Waals surface area contributed by atoms with Gasteiger partial charge in [0.25, 0.3) is 5.56 Å². The average Bonchev–Trinajstić information content (AvgIpc) is 3.50. The summed E-state index contributed by atoms with van der Waals surface area (Å²) < 4.78 is 9.51. The van der Waals surface area contributed by atoms with Crippen LogP contribution in [0.5, 0.6) is 0 Å². The number of hydrogen-bond acceptors (Lipinski definition) is 8. The maximum Gasteiger partial charge on any atom is 0.332 e. The van der Waals surface area contributed by atoms with Crippen LogP contribution in [0.1, 0.15) is 29.8 Å². The summed E-state index contributed by atoms with van der Waals surface area (Å²) >= 11 is 1.15. The van der Waals surface area contributed by atoms with Crippen LogP contribution in [0.2, 0.25) is 0 Å². The topological polar surface area (TPSA) is 131 Å². The Kier molecular flexibility index (Phi) is 7.06. The van der Waals surface area contributed by atoms with Gasteiger partial charge in [-0.15, -0.1) is 10.2 Å². The van der Waals surface area contributed by atoms with E-state index in [1.54, 1.807) is 18.4 Å². The number of hydrogen-bond donors (Lipinski definition) is 1. The molecule has 0 amide bonds. The maximum absolute atomic E-state index is 13.2. The number of carbonyl (C=O) groups is 1. The number of furan rings is 1. The van der Waals surface area contributed by atoms with Crippen molar-refractivity contribution in [2.45, 2.75) is 32.1 Å². The molecule has 0 fully saturated rings. The molecule has 35 heavy (non-hydrogen) atoms. The summed E-state index contributed by atoms with van der Waals surface area (Å²) in [5.74, 6) is 0.686. The lowest BCUT2D eigenvalue weighted by Gasteiger charge is -2.15. The van der Waals surface area contributed by atoms with E-state index in [9.17, 15) is 14.4 Å². The number of rotatable bonds is 9. The molecule has 10 nitrogen and oxygen atoms in total. The molecule has 3 aromatic heterocycles. The van der Waals surface area contributed by atoms with Crippen LogP contribution >= 0.6 is 11.8 Å². The summed E-state index contributed by atoms with van der Waals surface area (Å²) in [5, 5.41) is 8.99. The SMILES string of the molecule is CC(C)Cn1c(SCC(=O)c2c(N)n(Cc3ccccc3)c(=O)n(C)c2=O)nnc1-c1ccco1. The van der Waals surface area contributed by atoms with Crippen molar-refractivity contribution in [3.63, 3.8) is 0 Å². The van der Waals surface area contributed by atoms with Gasteiger partial charge in [0.1, 0.15) is 11.4 Å². The van der Waals surface area contributed by atoms with Gasteiger partial charge < -0.3 is 10.2 Å². The number of nitrogens with zero attached hydrogens (tertiary/aromatic N) is 5. The van der Waals surface area contributed by atoms with Crippen LogP contribution < -0.4 is 17.0 Å². The molecule has 11 heteroatoms. The Morgan fingerprint density at radius 3 is 2.49 bits per heavy atom. The third-order valence-electron chi connectivity index (χ3n) is 5.38. The fourth-order valence-corrected chi connectivity index (χ4v) is 4.50. The number of ketones is 1. The second kappa shape index (κ2) is 10.2. The van der Waals surface area contributed by atoms with Crippen LogP contribution in [0.4, 0.5) is 5.82 Å². The van der Waals surface area contributed by atoms with Crippen molar-refractivity contribution in [2.75, 3.05) is 11.5 Å². The molecule has 0 spiro atoms. The van der Waals surface area contributed by atoms with Gasteiger partial charge in [-0.25, -0.2) is 4.79 Å². The summed E-state index contributed by atoms with van der Waals surface area (Å²) in [6.07, 6.45) is 1.56. The number of benzene rings is 1. The first-order valence-corrected chi connectivity index (χ1v) is 12.0. The highest BCUT2D eigenvalue weighted by Crippen LogP contribution is 2.26. The summed E-state index contributed by atoms with van der Waals surface area (Å²) in [6, 6.07) is 12.8. The second-order valence-electron chi connectivity index (χ2n) is 8.48. The number of nitrogen functional groups attached to an aromatic ring is 1. The van der Waals surface area contributed by atoms with Crippen LogP contribution in [0.3, 0.4) is 0 Å². The Morgan fingerprint density at radius 2 is 1.83 bits per heavy atom. The normalized spacial score (nSPS) is 11.3. The fourth-order valence-electron chi connectivity index (χ4n) is 3.68. The van der Waals surface area contributed by atoms with E-state index < -0.39 is 17.0 Å². The highest BCUT2D eigenvalue weighted by molar-refractivity contribution is 7.99. The highest BCUT2D eigenvalue weighted by Gasteiger charge is 2.24. The van der Waals surface area contributed by atoms with Crippen molar-refractivity contribution < 1.29 is 9.21 Å². The molecule has 0 unspecified atom stereocenters. The van der Waals surface area contributed by atoms with Crippen LogP contribution in [0, 0.1) is 5.92 Å². The van der Waals surface area contributed by atoms with Gasteiger partial charge in [0.2, 0.25) is 0 Å². The largest absolute Gasteiger partial charge is 0.461 e. The van der Waals surface area contributed by atoms with Gasteiger partial charge in [-0.1, -0.05) is 55.9 Å². The molecule has 0 radical (unpaired) electrons. The molecule has 0 atom stereocenters. The van der Waals surface area contributed by atoms with E-state index in [0.29, 0.717) is 29.2 Å². The predicted octanol–water partition coefficient (Wildman–Crippen LogP) is 2.66. The number of nitrogens with two attached hydrogens (primary N) is 1. The zero-order valence-electron chi connectivity index (χ0n) is 19.7. The van der Waals surface area contributed by atoms with Gasteiger partial charge in [-0.3, -0.25) is 23.3 Å². The van der Waals surface area contributed by atoms with Crippen molar-refractivity contribution in [1.29, 1.82) is 0 Å². The minimum Gasteiger partial charge on any atom is -0.461 e. The minimum absolute atomic E-state index is 0.0998. The van der Waals surface area contributed by atoms with E-state index in [1.807, 2.05) is 34.9 Å². The van der Waals surface area contributed by atoms with Gasteiger partial charge in [0.05, 0.1) is 18.6 Å². The highest BCUT2D eigenvalue weighted by atomic mass is 32.2. The van der Waals surface area contributed by atoms with E-state index >= 15 is 0 Å². The number of Topliss-reactive ketones (excluding diaryl/α,β-unsaturated/α-hetero) is 1. The number of anilines is 1.